The minimum atomic E-state index is -0.479. The Bertz CT molecular complexity index is 927. The number of amides is 4. The van der Waals surface area contributed by atoms with Gasteiger partial charge in [0.1, 0.15) is 11.6 Å². The Morgan fingerprint density at radius 2 is 1.87 bits per heavy atom. The molecule has 1 aliphatic carbocycles. The SMILES string of the molecule is COc1ccc(NC(=O)/N=C2\C3CCCCC3NC(=O)N2Cc2ccccc2)cc1. The van der Waals surface area contributed by atoms with Crippen LogP contribution in [0.15, 0.2) is 59.6 Å². The fourth-order valence-electron chi connectivity index (χ4n) is 4.15. The van der Waals surface area contributed by atoms with Crippen molar-refractivity contribution >= 4 is 23.6 Å². The Labute approximate surface area is 176 Å². The minimum Gasteiger partial charge on any atom is -0.497 e. The molecule has 4 amide bonds. The summed E-state index contributed by atoms with van der Waals surface area (Å²) >= 11 is 0. The Morgan fingerprint density at radius 3 is 2.60 bits per heavy atom. The number of methoxy groups -OCH3 is 1. The van der Waals surface area contributed by atoms with Crippen LogP contribution < -0.4 is 15.4 Å². The number of fused-ring (bicyclic) bond motifs is 1. The smallest absolute Gasteiger partial charge is 0.347 e. The molecule has 7 heteroatoms. The standard InChI is InChI=1S/C23H26N4O3/c1-30-18-13-11-17(12-14-18)24-22(28)26-21-19-9-5-6-10-20(19)25-23(29)27(21)15-16-7-3-2-4-8-16/h2-4,7-8,11-14,19-20H,5-6,9-10,15H2,1H3,(H,24,28)(H,25,29)/b26-21+. The van der Waals surface area contributed by atoms with E-state index in [4.69, 9.17) is 4.74 Å². The molecule has 156 valence electrons. The van der Waals surface area contributed by atoms with Gasteiger partial charge in [-0.3, -0.25) is 4.90 Å². The Kier molecular flexibility index (Phi) is 5.97. The van der Waals surface area contributed by atoms with Crippen molar-refractivity contribution in [2.45, 2.75) is 38.3 Å². The number of carbonyl (C=O) groups excluding carboxylic acids is 2. The molecule has 2 atom stereocenters. The van der Waals surface area contributed by atoms with Gasteiger partial charge in [-0.2, -0.15) is 4.99 Å². The number of hydrogen-bond acceptors (Lipinski definition) is 3. The van der Waals surface area contributed by atoms with Crippen LogP contribution >= 0.6 is 0 Å². The highest BCUT2D eigenvalue weighted by Gasteiger charge is 2.40. The van der Waals surface area contributed by atoms with Gasteiger partial charge in [-0.15, -0.1) is 0 Å². The van der Waals surface area contributed by atoms with Crippen molar-refractivity contribution < 1.29 is 14.3 Å². The molecule has 30 heavy (non-hydrogen) atoms. The molecular formula is C23H26N4O3. The van der Waals surface area contributed by atoms with Crippen molar-refractivity contribution in [3.63, 3.8) is 0 Å². The number of rotatable bonds is 4. The molecule has 4 rings (SSSR count). The molecule has 2 fully saturated rings. The van der Waals surface area contributed by atoms with Crippen LogP contribution in [0, 0.1) is 5.92 Å². The van der Waals surface area contributed by atoms with Crippen LogP contribution in [0.2, 0.25) is 0 Å². The third-order valence-electron chi connectivity index (χ3n) is 5.67. The third-order valence-corrected chi connectivity index (χ3v) is 5.67. The number of nitrogens with zero attached hydrogens (tertiary/aromatic N) is 2. The largest absolute Gasteiger partial charge is 0.497 e. The van der Waals surface area contributed by atoms with Crippen molar-refractivity contribution in [2.75, 3.05) is 12.4 Å². The van der Waals surface area contributed by atoms with Crippen molar-refractivity contribution in [3.8, 4) is 5.75 Å². The molecule has 2 aliphatic rings. The third kappa shape index (κ3) is 4.45. The van der Waals surface area contributed by atoms with E-state index in [1.807, 2.05) is 30.3 Å². The normalized spacial score (nSPS) is 22.2. The van der Waals surface area contributed by atoms with Gasteiger partial charge in [-0.25, -0.2) is 9.59 Å². The zero-order valence-electron chi connectivity index (χ0n) is 17.0. The fourth-order valence-corrected chi connectivity index (χ4v) is 4.15. The molecule has 0 radical (unpaired) electrons. The summed E-state index contributed by atoms with van der Waals surface area (Å²) in [6, 6.07) is 16.2. The number of anilines is 1. The van der Waals surface area contributed by atoms with Crippen LogP contribution in [0.3, 0.4) is 0 Å². The quantitative estimate of drug-likeness (QED) is 0.789. The van der Waals surface area contributed by atoms with Crippen LogP contribution in [-0.4, -0.2) is 35.9 Å². The van der Waals surface area contributed by atoms with Crippen molar-refractivity contribution in [2.24, 2.45) is 10.9 Å². The lowest BCUT2D eigenvalue weighted by molar-refractivity contribution is 0.187. The molecule has 2 aromatic rings. The van der Waals surface area contributed by atoms with Gasteiger partial charge in [0.25, 0.3) is 0 Å². The number of amidine groups is 1. The minimum absolute atomic E-state index is 0.0332. The molecule has 0 aromatic heterocycles. The molecule has 2 N–H and O–H groups in total. The lowest BCUT2D eigenvalue weighted by atomic mass is 9.82. The molecule has 0 spiro atoms. The van der Waals surface area contributed by atoms with Crippen LogP contribution in [0.4, 0.5) is 15.3 Å². The van der Waals surface area contributed by atoms with Gasteiger partial charge < -0.3 is 15.4 Å². The number of benzene rings is 2. The first-order valence-corrected chi connectivity index (χ1v) is 10.3. The first-order chi connectivity index (χ1) is 14.6. The van der Waals surface area contributed by atoms with E-state index in [0.717, 1.165) is 31.2 Å². The molecule has 2 aromatic carbocycles. The molecule has 7 nitrogen and oxygen atoms in total. The molecule has 1 heterocycles. The van der Waals surface area contributed by atoms with Gasteiger partial charge >= 0.3 is 12.1 Å². The van der Waals surface area contributed by atoms with E-state index in [1.165, 1.54) is 0 Å². The maximum Gasteiger partial charge on any atom is 0.347 e. The van der Waals surface area contributed by atoms with Gasteiger partial charge in [-0.1, -0.05) is 43.2 Å². The first-order valence-electron chi connectivity index (χ1n) is 10.3. The van der Waals surface area contributed by atoms with Crippen LogP contribution in [0.5, 0.6) is 5.75 Å². The molecule has 1 saturated carbocycles. The first kappa shape index (κ1) is 19.9. The zero-order valence-corrected chi connectivity index (χ0v) is 17.0. The van der Waals surface area contributed by atoms with E-state index in [-0.39, 0.29) is 18.0 Å². The highest BCUT2D eigenvalue weighted by atomic mass is 16.5. The number of carbonyl (C=O) groups is 2. The summed E-state index contributed by atoms with van der Waals surface area (Å²) < 4.78 is 5.15. The molecule has 1 aliphatic heterocycles. The summed E-state index contributed by atoms with van der Waals surface area (Å²) in [5.74, 6) is 1.31. The summed E-state index contributed by atoms with van der Waals surface area (Å²) in [7, 11) is 1.59. The van der Waals surface area contributed by atoms with E-state index < -0.39 is 6.03 Å². The molecule has 2 unspecified atom stereocenters. The number of nitrogens with one attached hydrogen (secondary N) is 2. The number of urea groups is 2. The molecular weight excluding hydrogens is 380 g/mol. The summed E-state index contributed by atoms with van der Waals surface area (Å²) in [4.78, 5) is 31.6. The van der Waals surface area contributed by atoms with Gasteiger partial charge in [0.05, 0.1) is 13.7 Å². The summed E-state index contributed by atoms with van der Waals surface area (Å²) in [5.41, 5.74) is 1.62. The van der Waals surface area contributed by atoms with E-state index in [1.54, 1.807) is 36.3 Å². The van der Waals surface area contributed by atoms with E-state index >= 15 is 0 Å². The maximum atomic E-state index is 12.9. The number of hydrogen-bond donors (Lipinski definition) is 2. The predicted octanol–water partition coefficient (Wildman–Crippen LogP) is 4.41. The van der Waals surface area contributed by atoms with Crippen molar-refractivity contribution in [1.82, 2.24) is 10.2 Å². The second-order valence-corrected chi connectivity index (χ2v) is 7.65. The lowest BCUT2D eigenvalue weighted by Crippen LogP contribution is -2.60. The van der Waals surface area contributed by atoms with Crippen molar-refractivity contribution in [3.05, 3.63) is 60.2 Å². The van der Waals surface area contributed by atoms with Gasteiger partial charge in [0, 0.05) is 17.6 Å². The Morgan fingerprint density at radius 1 is 1.13 bits per heavy atom. The average molecular weight is 406 g/mol. The fraction of sp³-hybridized carbons (Fsp3) is 0.348. The highest BCUT2D eigenvalue weighted by Crippen LogP contribution is 2.31. The van der Waals surface area contributed by atoms with Gasteiger partial charge in [0.15, 0.2) is 0 Å². The predicted molar refractivity (Wildman–Crippen MR) is 116 cm³/mol. The van der Waals surface area contributed by atoms with Gasteiger partial charge in [-0.05, 0) is 42.7 Å². The number of aliphatic imine (C=N–C) groups is 1. The summed E-state index contributed by atoms with van der Waals surface area (Å²) in [6.07, 6.45) is 3.96. The number of ether oxygens (including phenoxy) is 1. The second-order valence-electron chi connectivity index (χ2n) is 7.65. The Hall–Kier alpha value is -3.35. The van der Waals surface area contributed by atoms with Crippen LogP contribution in [0.1, 0.15) is 31.2 Å². The van der Waals surface area contributed by atoms with E-state index in [2.05, 4.69) is 15.6 Å². The van der Waals surface area contributed by atoms with Crippen LogP contribution in [0.25, 0.3) is 0 Å². The monoisotopic (exact) mass is 406 g/mol. The summed E-state index contributed by atoms with van der Waals surface area (Å²) in [5, 5.41) is 5.91. The van der Waals surface area contributed by atoms with E-state index in [0.29, 0.717) is 23.8 Å². The maximum absolute atomic E-state index is 12.9. The topological polar surface area (TPSA) is 83.0 Å². The van der Waals surface area contributed by atoms with E-state index in [9.17, 15) is 9.59 Å². The average Bonchev–Trinajstić information content (AvgIpc) is 2.77. The Balaban J connectivity index is 1.59. The highest BCUT2D eigenvalue weighted by molar-refractivity contribution is 6.07. The van der Waals surface area contributed by atoms with Crippen LogP contribution in [-0.2, 0) is 6.54 Å². The zero-order chi connectivity index (χ0) is 20.9. The molecule has 0 bridgehead atoms. The summed E-state index contributed by atoms with van der Waals surface area (Å²) in [6.45, 7) is 0.380. The van der Waals surface area contributed by atoms with Crippen molar-refractivity contribution in [1.29, 1.82) is 0 Å². The lowest BCUT2D eigenvalue weighted by Gasteiger charge is -2.42. The molecule has 1 saturated heterocycles. The second kappa shape index (κ2) is 8.98. The van der Waals surface area contributed by atoms with Gasteiger partial charge in [0.2, 0.25) is 0 Å².